The largest absolute Gasteiger partial charge is 0.433 e. The van der Waals surface area contributed by atoms with E-state index < -0.39 is 16.8 Å². The molecule has 1 aromatic rings. The first kappa shape index (κ1) is 11.6. The highest BCUT2D eigenvalue weighted by atomic mass is 19.4. The Balaban J connectivity index is 2.55. The second kappa shape index (κ2) is 3.83. The Morgan fingerprint density at radius 2 is 2.06 bits per heavy atom. The topological polar surface area (TPSA) is 55.5 Å². The van der Waals surface area contributed by atoms with Gasteiger partial charge in [0, 0.05) is 24.2 Å². The van der Waals surface area contributed by atoms with Crippen molar-refractivity contribution >= 4 is 11.4 Å². The van der Waals surface area contributed by atoms with E-state index in [1.807, 2.05) is 0 Å². The molecule has 1 aliphatic heterocycles. The van der Waals surface area contributed by atoms with Crippen molar-refractivity contribution in [2.24, 2.45) is 4.99 Å². The Labute approximate surface area is 93.9 Å². The van der Waals surface area contributed by atoms with Gasteiger partial charge < -0.3 is 0 Å². The van der Waals surface area contributed by atoms with E-state index in [1.165, 1.54) is 12.1 Å². The van der Waals surface area contributed by atoms with Crippen molar-refractivity contribution in [2.75, 3.05) is 6.54 Å². The number of alkyl halides is 3. The number of non-ortho nitro benzene ring substituents is 1. The van der Waals surface area contributed by atoms with Gasteiger partial charge in [-0.25, -0.2) is 0 Å². The van der Waals surface area contributed by atoms with Crippen LogP contribution in [0.15, 0.2) is 23.2 Å². The van der Waals surface area contributed by atoms with E-state index in [4.69, 9.17) is 0 Å². The lowest BCUT2D eigenvalue weighted by molar-refractivity contribution is -0.384. The van der Waals surface area contributed by atoms with Gasteiger partial charge in [-0.2, -0.15) is 13.2 Å². The van der Waals surface area contributed by atoms with Gasteiger partial charge in [0.2, 0.25) is 0 Å². The number of nitrogens with zero attached hydrogens (tertiary/aromatic N) is 2. The summed E-state index contributed by atoms with van der Waals surface area (Å²) in [5, 5.41) is 10.5. The highest BCUT2D eigenvalue weighted by molar-refractivity contribution is 6.06. The molecule has 0 spiro atoms. The Morgan fingerprint density at radius 1 is 1.35 bits per heavy atom. The van der Waals surface area contributed by atoms with Crippen molar-refractivity contribution in [3.05, 3.63) is 39.4 Å². The molecule has 1 aliphatic rings. The maximum absolute atomic E-state index is 12.7. The lowest BCUT2D eigenvalue weighted by Crippen LogP contribution is -2.28. The average molecular weight is 244 g/mol. The highest BCUT2D eigenvalue weighted by Crippen LogP contribution is 2.30. The summed E-state index contributed by atoms with van der Waals surface area (Å²) in [6.45, 7) is 0.0552. The van der Waals surface area contributed by atoms with Crippen LogP contribution in [-0.2, 0) is 6.42 Å². The summed E-state index contributed by atoms with van der Waals surface area (Å²) in [6, 6.07) is 3.49. The monoisotopic (exact) mass is 244 g/mol. The summed E-state index contributed by atoms with van der Waals surface area (Å²) in [6.07, 6.45) is -4.21. The van der Waals surface area contributed by atoms with Crippen molar-refractivity contribution < 1.29 is 18.1 Å². The Hall–Kier alpha value is -1.92. The minimum atomic E-state index is -4.58. The van der Waals surface area contributed by atoms with Crippen LogP contribution in [0.4, 0.5) is 18.9 Å². The average Bonchev–Trinajstić information content (AvgIpc) is 2.26. The van der Waals surface area contributed by atoms with Gasteiger partial charge >= 0.3 is 6.18 Å². The number of hydrogen-bond acceptors (Lipinski definition) is 3. The van der Waals surface area contributed by atoms with Crippen LogP contribution >= 0.6 is 0 Å². The zero-order chi connectivity index (χ0) is 12.6. The molecule has 17 heavy (non-hydrogen) atoms. The summed E-state index contributed by atoms with van der Waals surface area (Å²) in [4.78, 5) is 13.2. The highest BCUT2D eigenvalue weighted by Gasteiger charge is 2.39. The molecule has 0 bridgehead atoms. The molecule has 0 radical (unpaired) electrons. The van der Waals surface area contributed by atoms with Crippen LogP contribution in [0.5, 0.6) is 0 Å². The Kier molecular flexibility index (Phi) is 2.60. The lowest BCUT2D eigenvalue weighted by Gasteiger charge is -2.18. The normalized spacial score (nSPS) is 15.1. The molecule has 0 aliphatic carbocycles. The maximum Gasteiger partial charge on any atom is 0.433 e. The first-order valence-corrected chi connectivity index (χ1v) is 4.79. The van der Waals surface area contributed by atoms with Gasteiger partial charge in [-0.3, -0.25) is 15.1 Å². The van der Waals surface area contributed by atoms with Crippen LogP contribution in [0.1, 0.15) is 11.1 Å². The van der Waals surface area contributed by atoms with Crippen LogP contribution in [0.2, 0.25) is 0 Å². The summed E-state index contributed by atoms with van der Waals surface area (Å²) in [5.74, 6) is 0. The molecular formula is C10H7F3N2O2. The molecule has 0 atom stereocenters. The Bertz CT molecular complexity index is 509. The summed E-state index contributed by atoms with van der Waals surface area (Å²) in [7, 11) is 0. The van der Waals surface area contributed by atoms with E-state index in [0.717, 1.165) is 6.07 Å². The fraction of sp³-hybridized carbons (Fsp3) is 0.300. The number of hydrogen-bond donors (Lipinski definition) is 0. The van der Waals surface area contributed by atoms with Gasteiger partial charge in [-0.05, 0) is 12.0 Å². The molecule has 0 saturated heterocycles. The second-order valence-corrected chi connectivity index (χ2v) is 3.58. The zero-order valence-electron chi connectivity index (χ0n) is 8.49. The third kappa shape index (κ3) is 2.13. The van der Waals surface area contributed by atoms with Crippen LogP contribution in [-0.4, -0.2) is 23.4 Å². The Morgan fingerprint density at radius 3 is 2.65 bits per heavy atom. The predicted octanol–water partition coefficient (Wildman–Crippen LogP) is 2.50. The summed E-state index contributed by atoms with van der Waals surface area (Å²) in [5.41, 5.74) is -1.12. The van der Waals surface area contributed by atoms with Gasteiger partial charge in [-0.15, -0.1) is 0 Å². The van der Waals surface area contributed by atoms with Crippen LogP contribution < -0.4 is 0 Å². The molecule has 4 nitrogen and oxygen atoms in total. The van der Waals surface area contributed by atoms with Crippen molar-refractivity contribution in [1.29, 1.82) is 0 Å². The SMILES string of the molecule is O=[N+]([O-])c1ccc2c(c1)C(C(F)(F)F)=NCC2. The zero-order valence-corrected chi connectivity index (χ0v) is 8.49. The smallest absolute Gasteiger partial charge is 0.280 e. The van der Waals surface area contributed by atoms with Gasteiger partial charge in [-0.1, -0.05) is 6.07 Å². The number of aliphatic imine (C=N–C) groups is 1. The van der Waals surface area contributed by atoms with Gasteiger partial charge in [0.1, 0.15) is 5.71 Å². The summed E-state index contributed by atoms with van der Waals surface area (Å²) >= 11 is 0. The van der Waals surface area contributed by atoms with Crippen molar-refractivity contribution in [3.8, 4) is 0 Å². The standard InChI is InChI=1S/C10H7F3N2O2/c11-10(12,13)9-8-5-7(15(16)17)2-1-6(8)3-4-14-9/h1-2,5H,3-4H2. The van der Waals surface area contributed by atoms with Crippen molar-refractivity contribution in [3.63, 3.8) is 0 Å². The van der Waals surface area contributed by atoms with Crippen molar-refractivity contribution in [1.82, 2.24) is 0 Å². The molecule has 0 saturated carbocycles. The van der Waals surface area contributed by atoms with Crippen LogP contribution in [0.3, 0.4) is 0 Å². The molecule has 0 N–H and O–H groups in total. The first-order valence-electron chi connectivity index (χ1n) is 4.79. The number of nitro groups is 1. The molecule has 1 heterocycles. The third-order valence-corrected chi connectivity index (χ3v) is 2.48. The van der Waals surface area contributed by atoms with Crippen molar-refractivity contribution in [2.45, 2.75) is 12.6 Å². The number of benzene rings is 1. The minimum Gasteiger partial charge on any atom is -0.280 e. The minimum absolute atomic E-state index is 0.0552. The van der Waals surface area contributed by atoms with E-state index in [2.05, 4.69) is 4.99 Å². The summed E-state index contributed by atoms with van der Waals surface area (Å²) < 4.78 is 38.0. The molecule has 90 valence electrons. The number of halogens is 3. The fourth-order valence-electron chi connectivity index (χ4n) is 1.73. The van der Waals surface area contributed by atoms with Crippen LogP contribution in [0.25, 0.3) is 0 Å². The molecule has 7 heteroatoms. The van der Waals surface area contributed by atoms with E-state index in [-0.39, 0.29) is 17.8 Å². The van der Waals surface area contributed by atoms with Gasteiger partial charge in [0.05, 0.1) is 4.92 Å². The maximum atomic E-state index is 12.7. The predicted molar refractivity (Wildman–Crippen MR) is 54.3 cm³/mol. The lowest BCUT2D eigenvalue weighted by atomic mass is 9.96. The molecule has 2 rings (SSSR count). The second-order valence-electron chi connectivity index (χ2n) is 3.58. The van der Waals surface area contributed by atoms with E-state index in [9.17, 15) is 23.3 Å². The van der Waals surface area contributed by atoms with E-state index in [1.54, 1.807) is 0 Å². The number of fused-ring (bicyclic) bond motifs is 1. The van der Waals surface area contributed by atoms with Gasteiger partial charge in [0.15, 0.2) is 0 Å². The molecule has 0 amide bonds. The van der Waals surface area contributed by atoms with E-state index >= 15 is 0 Å². The number of nitro benzene ring substituents is 1. The van der Waals surface area contributed by atoms with E-state index in [0.29, 0.717) is 12.0 Å². The molecule has 0 aromatic heterocycles. The first-order chi connectivity index (χ1) is 7.89. The van der Waals surface area contributed by atoms with Gasteiger partial charge in [0.25, 0.3) is 5.69 Å². The molecular weight excluding hydrogens is 237 g/mol. The van der Waals surface area contributed by atoms with Crippen LogP contribution in [0, 0.1) is 10.1 Å². The quantitative estimate of drug-likeness (QED) is 0.563. The molecule has 0 unspecified atom stereocenters. The molecule has 0 fully saturated rings. The number of rotatable bonds is 1. The molecule has 1 aromatic carbocycles. The third-order valence-electron chi connectivity index (χ3n) is 2.48. The fourth-order valence-corrected chi connectivity index (χ4v) is 1.73.